The van der Waals surface area contributed by atoms with Crippen LogP contribution in [0.5, 0.6) is 0 Å². The first kappa shape index (κ1) is 115. The molecule has 13 rings (SSSR count). The molecule has 43 heteroatoms. The van der Waals surface area contributed by atoms with Gasteiger partial charge in [-0.15, -0.1) is 19.0 Å². The molecule has 0 bridgehead atoms. The molecule has 1 fully saturated rings. The Morgan fingerprint density at radius 3 is 1.20 bits per heavy atom. The minimum Gasteiger partial charge on any atom is -1.00 e. The quantitative estimate of drug-likeness (QED) is 0.0214. The first-order valence-corrected chi connectivity index (χ1v) is 40.7. The van der Waals surface area contributed by atoms with Crippen molar-refractivity contribution >= 4 is 83.9 Å². The molecular weight excluding hydrogens is 1800 g/mol. The van der Waals surface area contributed by atoms with Crippen LogP contribution in [0.4, 0.5) is 0 Å². The van der Waals surface area contributed by atoms with Crippen molar-refractivity contribution in [3.8, 4) is 41.3 Å². The molecule has 132 heavy (non-hydrogen) atoms. The molecule has 0 atom stereocenters. The van der Waals surface area contributed by atoms with Gasteiger partial charge >= 0.3 is 36.1 Å². The van der Waals surface area contributed by atoms with Crippen LogP contribution < -0.4 is 28.0 Å². The number of para-hydroxylation sites is 3. The van der Waals surface area contributed by atoms with E-state index in [4.69, 9.17) is 47.7 Å². The van der Waals surface area contributed by atoms with E-state index >= 15 is 0 Å². The summed E-state index contributed by atoms with van der Waals surface area (Å²) in [5.74, 6) is 0.800. The van der Waals surface area contributed by atoms with Crippen LogP contribution >= 0.6 is 24.0 Å². The fourth-order valence-corrected chi connectivity index (χ4v) is 11.1. The van der Waals surface area contributed by atoms with E-state index in [-0.39, 0.29) is 118 Å². The number of rotatable bonds is 26. The summed E-state index contributed by atoms with van der Waals surface area (Å²) in [6.45, 7) is 33.9. The van der Waals surface area contributed by atoms with Crippen LogP contribution in [0.2, 0.25) is 5.15 Å². The van der Waals surface area contributed by atoms with Crippen LogP contribution in [-0.2, 0) is 45.3 Å². The van der Waals surface area contributed by atoms with Gasteiger partial charge in [-0.2, -0.15) is 66.0 Å². The fourth-order valence-electron chi connectivity index (χ4n) is 11.0. The number of nitrogens with one attached hydrogen (secondary N) is 1. The van der Waals surface area contributed by atoms with Gasteiger partial charge in [0.25, 0.3) is 17.7 Å². The maximum Gasteiger partial charge on any atom is 2.00 e. The van der Waals surface area contributed by atoms with Gasteiger partial charge in [0.2, 0.25) is 0 Å². The number of ether oxygens (including phenoxy) is 1. The summed E-state index contributed by atoms with van der Waals surface area (Å²) in [5.41, 5.74) is 12.2. The number of carbonyl (C=O) groups excluding carboxylic acids is 4. The molecule has 1 aliphatic heterocycles. The van der Waals surface area contributed by atoms with Crippen LogP contribution in [0.3, 0.4) is 0 Å². The van der Waals surface area contributed by atoms with Gasteiger partial charge in [-0.3, -0.25) is 49.3 Å². The second kappa shape index (κ2) is 60.4. The van der Waals surface area contributed by atoms with E-state index in [1.54, 1.807) is 145 Å². The number of likely N-dealkylation sites (N-methyl/N-ethyl adjacent to an activating group) is 4. The number of aromatic nitrogens is 21. The number of halogens is 3. The smallest absolute Gasteiger partial charge is 1.00 e. The molecular formula is C89H106BBrCl2MgN30O8. The van der Waals surface area contributed by atoms with E-state index in [2.05, 4.69) is 121 Å². The minimum atomic E-state index is -1.06. The predicted octanol–water partition coefficient (Wildman–Crippen LogP) is 6.93. The van der Waals surface area contributed by atoms with E-state index in [1.165, 1.54) is 58.7 Å². The second-order valence-corrected chi connectivity index (χ2v) is 28.5. The SMILES string of the molecule is C=CB1OC(C)(C)C(C)(C)O1.C=Cc1cncc(C#N)n1.CCN.CCN(CCc1cncc(C#N)n1)C(=O)c1ccccc1-n1nccn1.CCN(CCc1cncc(C(=O)OC)n1)C(=O)c1ccccc1-n1nccn1.CCN(CCc1cncc(C(C)(C)O)n1)C(=O)c1ccccc1-n1nccn1.CCNCCc1cncc(C#N)n1.Cl.N#Cc1cncc(Cl)n1.[Br-].[CH3-].[Mg+2]. The van der Waals surface area contributed by atoms with Crippen LogP contribution in [0.15, 0.2) is 203 Å². The van der Waals surface area contributed by atoms with E-state index in [9.17, 15) is 24.3 Å². The molecule has 0 unspecified atom stereocenters. The Bertz CT molecular complexity index is 5690. The van der Waals surface area contributed by atoms with Crippen molar-refractivity contribution in [2.75, 3.05) is 66.0 Å². The topological polar surface area (TPSA) is 506 Å². The Balaban J connectivity index is 0.000000537. The predicted molar refractivity (Wildman–Crippen MR) is 495 cm³/mol. The number of hydrogen-bond donors (Lipinski definition) is 3. The number of hydrogen-bond acceptors (Lipinski definition) is 32. The number of methoxy groups -OCH3 is 1. The number of nitriles is 4. The van der Waals surface area contributed by atoms with E-state index < -0.39 is 11.6 Å². The van der Waals surface area contributed by atoms with Gasteiger partial charge in [-0.05, 0) is 118 Å². The summed E-state index contributed by atoms with van der Waals surface area (Å²) in [6, 6.07) is 29.3. The van der Waals surface area contributed by atoms with E-state index in [0.717, 1.165) is 37.4 Å². The van der Waals surface area contributed by atoms with Crippen LogP contribution in [0.1, 0.15) is 175 Å². The average Bonchev–Trinajstić information content (AvgIpc) is 1.64. The first-order valence-electron chi connectivity index (χ1n) is 40.3. The van der Waals surface area contributed by atoms with Crippen LogP contribution in [0, 0.1) is 52.8 Å². The molecule has 0 aliphatic carbocycles. The van der Waals surface area contributed by atoms with Crippen LogP contribution in [0.25, 0.3) is 23.1 Å². The molecule has 1 saturated heterocycles. The number of nitrogens with two attached hydrogens (primary N) is 1. The number of carbonyl (C=O) groups is 4. The maximum atomic E-state index is 13.1. The molecule has 12 aromatic rings. The Hall–Kier alpha value is -13.4. The van der Waals surface area contributed by atoms with E-state index in [0.29, 0.717) is 126 Å². The number of esters is 1. The molecule has 1 aliphatic rings. The largest absolute Gasteiger partial charge is 2.00 e. The number of amides is 3. The Labute approximate surface area is 806 Å². The summed E-state index contributed by atoms with van der Waals surface area (Å²) >= 11 is 5.40. The Morgan fingerprint density at radius 2 is 0.864 bits per heavy atom. The first-order chi connectivity index (χ1) is 61.6. The average molecular weight is 1910 g/mol. The van der Waals surface area contributed by atoms with Gasteiger partial charge in [0, 0.05) is 96.3 Å². The van der Waals surface area contributed by atoms with Crippen molar-refractivity contribution in [1.82, 2.24) is 125 Å². The van der Waals surface area contributed by atoms with Gasteiger partial charge in [-0.1, -0.05) is 74.4 Å². The molecule has 10 heterocycles. The van der Waals surface area contributed by atoms with Crippen molar-refractivity contribution in [3.63, 3.8) is 0 Å². The van der Waals surface area contributed by atoms with Gasteiger partial charge in [0.05, 0.1) is 173 Å². The molecule has 0 radical (unpaired) electrons. The third kappa shape index (κ3) is 36.8. The number of aliphatic hydroxyl groups is 1. The monoisotopic (exact) mass is 1910 g/mol. The van der Waals surface area contributed by atoms with Gasteiger partial charge < -0.3 is 69.3 Å². The standard InChI is InChI=1S/C20H24N6O2.C19H20N6O3.C18H17N7O.C9H12N4.C8H15BO2.C7H5N3.C5H2ClN3.C2H7N.CH3.BrH.ClH.Mg/c1-4-25(12-9-15-13-21-14-18(24-15)20(2,3)28)19(27)16-7-5-6-8-17(16)26-22-10-11-23-26;1-3-24(11-8-14-12-20-13-16(23-14)19(27)28-2)18(26)15-6-4-5-7-17(15)25-21-9-10-22-25;1-2-24(10-7-14-12-20-13-15(11-19)23-14)18(26)16-5-3-4-6-17(16)25-21-8-9-22-25;1-2-11-4-3-8-6-12-7-9(5-10)13-8;1-6-9-10-7(2,3)8(4,5)11-9;1-2-6-4-9-5-7(3-8)10-6;6-5-3-8-2-4(1-7)9-5;1-2-3;;;;/h5-8,10-11,13-14,28H,4,9,12H2,1-3H3;4-7,9-10,12-13H,3,8,11H2,1-2H3;3-6,8-9,12-13H,2,7,10H2,1H3;6-7,11H,2-4H2,1H3;6H,1H2,2-5H3;2,4-5H,1H2;2-3H;2-3H2,1H3;1H3;2*1H;/q;;;;;;;;-1;;;+2/p-1. The zero-order valence-corrected chi connectivity index (χ0v) is 80.5. The van der Waals surface area contributed by atoms with Crippen molar-refractivity contribution in [3.05, 3.63) is 295 Å². The van der Waals surface area contributed by atoms with Gasteiger partial charge in [0.15, 0.2) is 28.5 Å². The molecule has 0 saturated carbocycles. The van der Waals surface area contributed by atoms with Crippen molar-refractivity contribution in [2.45, 2.75) is 119 Å². The van der Waals surface area contributed by atoms with Gasteiger partial charge in [0.1, 0.15) is 35.0 Å². The third-order valence-corrected chi connectivity index (χ3v) is 18.4. The maximum absolute atomic E-state index is 13.1. The fraction of sp³-hybridized carbons (Fsp3) is 0.315. The third-order valence-electron chi connectivity index (χ3n) is 18.2. The molecule has 4 N–H and O–H groups in total. The summed E-state index contributed by atoms with van der Waals surface area (Å²) < 4.78 is 15.8. The van der Waals surface area contributed by atoms with Crippen molar-refractivity contribution < 1.29 is 55.3 Å². The Morgan fingerprint density at radius 1 is 0.530 bits per heavy atom. The van der Waals surface area contributed by atoms with E-state index in [1.807, 2.05) is 122 Å². The molecule has 38 nitrogen and oxygen atoms in total. The molecule has 9 aromatic heterocycles. The molecule has 3 aromatic carbocycles. The summed E-state index contributed by atoms with van der Waals surface area (Å²) in [5, 5.41) is 72.4. The van der Waals surface area contributed by atoms with Gasteiger partial charge in [-0.25, -0.2) is 29.7 Å². The summed E-state index contributed by atoms with van der Waals surface area (Å²) in [6.07, 6.45) is 31.3. The Kier molecular flexibility index (Phi) is 52.5. The van der Waals surface area contributed by atoms with Crippen LogP contribution in [-0.4, -0.2) is 256 Å². The molecule has 0 spiro atoms. The number of nitrogens with zero attached hydrogens (tertiary/aromatic N) is 28. The molecule has 3 amide bonds. The van der Waals surface area contributed by atoms with Crippen molar-refractivity contribution in [2.24, 2.45) is 5.73 Å². The zero-order chi connectivity index (χ0) is 93.4. The zero-order valence-electron chi connectivity index (χ0n) is 75.9. The minimum absolute atomic E-state index is 0. The molecule has 686 valence electrons. The normalized spacial score (nSPS) is 11.2. The summed E-state index contributed by atoms with van der Waals surface area (Å²) in [7, 11) is 1.04. The summed E-state index contributed by atoms with van der Waals surface area (Å²) in [4.78, 5) is 108. The second-order valence-electron chi connectivity index (χ2n) is 28.1. The number of benzene rings is 3. The van der Waals surface area contributed by atoms with Crippen molar-refractivity contribution in [1.29, 1.82) is 21.0 Å².